The van der Waals surface area contributed by atoms with Crippen LogP contribution < -0.4 is 5.32 Å². The van der Waals surface area contributed by atoms with Crippen molar-refractivity contribution in [2.45, 2.75) is 26.3 Å². The van der Waals surface area contributed by atoms with Gasteiger partial charge in [0.05, 0.1) is 25.6 Å². The van der Waals surface area contributed by atoms with Gasteiger partial charge < -0.3 is 15.0 Å². The van der Waals surface area contributed by atoms with Crippen LogP contribution in [-0.4, -0.2) is 59.9 Å². The van der Waals surface area contributed by atoms with Crippen molar-refractivity contribution < 1.29 is 23.9 Å². The standard InChI is InChI=1S/C19H23N3O5/c1-2-27-18(25)15-4-3-9-21(12-15)17(24)14-7-5-13(6-8-14)11-22-16(23)10-20-19(22)26/h5-8,15H,2-4,9-12H2,1H3,(H,20,26)/t15-/m1/s1. The number of carbonyl (C=O) groups is 4. The zero-order valence-electron chi connectivity index (χ0n) is 15.3. The third-order valence-electron chi connectivity index (χ3n) is 4.81. The highest BCUT2D eigenvalue weighted by Gasteiger charge is 2.30. The number of nitrogens with zero attached hydrogens (tertiary/aromatic N) is 2. The molecule has 2 heterocycles. The molecule has 0 aliphatic carbocycles. The molecule has 144 valence electrons. The minimum atomic E-state index is -0.404. The van der Waals surface area contributed by atoms with Gasteiger partial charge in [0.25, 0.3) is 5.91 Å². The second-order valence-corrected chi connectivity index (χ2v) is 6.68. The number of nitrogens with one attached hydrogen (secondary N) is 1. The molecular formula is C19H23N3O5. The van der Waals surface area contributed by atoms with Crippen LogP contribution in [0.25, 0.3) is 0 Å². The summed E-state index contributed by atoms with van der Waals surface area (Å²) in [5.74, 6) is -0.926. The van der Waals surface area contributed by atoms with Gasteiger partial charge in [0, 0.05) is 18.7 Å². The number of amides is 4. The summed E-state index contributed by atoms with van der Waals surface area (Å²) in [6.45, 7) is 3.27. The van der Waals surface area contributed by atoms with Crippen LogP contribution in [-0.2, 0) is 20.9 Å². The maximum atomic E-state index is 12.7. The van der Waals surface area contributed by atoms with Crippen molar-refractivity contribution in [3.63, 3.8) is 0 Å². The summed E-state index contributed by atoms with van der Waals surface area (Å²) < 4.78 is 5.07. The Kier molecular flexibility index (Phi) is 5.73. The van der Waals surface area contributed by atoms with Gasteiger partial charge >= 0.3 is 12.0 Å². The summed E-state index contributed by atoms with van der Waals surface area (Å²) in [4.78, 5) is 50.7. The van der Waals surface area contributed by atoms with E-state index in [9.17, 15) is 19.2 Å². The lowest BCUT2D eigenvalue weighted by molar-refractivity contribution is -0.149. The summed E-state index contributed by atoms with van der Waals surface area (Å²) >= 11 is 0. The van der Waals surface area contributed by atoms with E-state index in [1.807, 2.05) is 0 Å². The molecule has 3 rings (SSSR count). The van der Waals surface area contributed by atoms with E-state index in [2.05, 4.69) is 5.32 Å². The van der Waals surface area contributed by atoms with Crippen molar-refractivity contribution in [3.05, 3.63) is 35.4 Å². The maximum Gasteiger partial charge on any atom is 0.324 e. The van der Waals surface area contributed by atoms with Gasteiger partial charge in [-0.3, -0.25) is 19.3 Å². The molecular weight excluding hydrogens is 350 g/mol. The zero-order valence-corrected chi connectivity index (χ0v) is 15.3. The average molecular weight is 373 g/mol. The first-order valence-corrected chi connectivity index (χ1v) is 9.12. The highest BCUT2D eigenvalue weighted by molar-refractivity contribution is 6.01. The number of hydrogen-bond acceptors (Lipinski definition) is 5. The van der Waals surface area contributed by atoms with Crippen LogP contribution in [0.2, 0.25) is 0 Å². The van der Waals surface area contributed by atoms with E-state index in [0.717, 1.165) is 23.3 Å². The molecule has 2 saturated heterocycles. The molecule has 1 N–H and O–H groups in total. The number of ether oxygens (including phenoxy) is 1. The van der Waals surface area contributed by atoms with Gasteiger partial charge in [0.2, 0.25) is 5.91 Å². The van der Waals surface area contributed by atoms with Crippen LogP contribution in [0, 0.1) is 5.92 Å². The van der Waals surface area contributed by atoms with E-state index in [0.29, 0.717) is 25.3 Å². The fourth-order valence-electron chi connectivity index (χ4n) is 3.35. The first kappa shape index (κ1) is 18.9. The third kappa shape index (κ3) is 4.27. The van der Waals surface area contributed by atoms with Crippen molar-refractivity contribution in [2.75, 3.05) is 26.2 Å². The second kappa shape index (κ2) is 8.20. The van der Waals surface area contributed by atoms with Crippen LogP contribution in [0.15, 0.2) is 24.3 Å². The van der Waals surface area contributed by atoms with Gasteiger partial charge in [-0.05, 0) is 37.5 Å². The fraction of sp³-hybridized carbons (Fsp3) is 0.474. The van der Waals surface area contributed by atoms with E-state index < -0.39 is 6.03 Å². The Hall–Kier alpha value is -2.90. The van der Waals surface area contributed by atoms with Crippen LogP contribution in [0.5, 0.6) is 0 Å². The number of urea groups is 1. The monoisotopic (exact) mass is 373 g/mol. The van der Waals surface area contributed by atoms with Crippen molar-refractivity contribution in [2.24, 2.45) is 5.92 Å². The molecule has 0 unspecified atom stereocenters. The summed E-state index contributed by atoms with van der Waals surface area (Å²) in [5, 5.41) is 2.47. The van der Waals surface area contributed by atoms with Crippen molar-refractivity contribution in [1.29, 1.82) is 0 Å². The number of hydrogen-bond donors (Lipinski definition) is 1. The quantitative estimate of drug-likeness (QED) is 0.617. The molecule has 0 spiro atoms. The first-order chi connectivity index (χ1) is 13.0. The Balaban J connectivity index is 1.62. The normalized spacial score (nSPS) is 19.8. The Morgan fingerprint density at radius 1 is 1.22 bits per heavy atom. The lowest BCUT2D eigenvalue weighted by Gasteiger charge is -2.31. The Bertz CT molecular complexity index is 730. The molecule has 0 bridgehead atoms. The number of imide groups is 1. The smallest absolute Gasteiger partial charge is 0.324 e. The van der Waals surface area contributed by atoms with Gasteiger partial charge in [-0.15, -0.1) is 0 Å². The van der Waals surface area contributed by atoms with Crippen LogP contribution in [0.1, 0.15) is 35.7 Å². The molecule has 0 radical (unpaired) electrons. The van der Waals surface area contributed by atoms with Gasteiger partial charge in [-0.25, -0.2) is 4.79 Å². The molecule has 1 aromatic rings. The van der Waals surface area contributed by atoms with Gasteiger partial charge in [-0.1, -0.05) is 12.1 Å². The van der Waals surface area contributed by atoms with E-state index in [1.165, 1.54) is 0 Å². The number of carbonyl (C=O) groups excluding carboxylic acids is 4. The number of piperidine rings is 1. The fourth-order valence-corrected chi connectivity index (χ4v) is 3.35. The summed E-state index contributed by atoms with van der Waals surface area (Å²) in [6.07, 6.45) is 1.49. The molecule has 27 heavy (non-hydrogen) atoms. The van der Waals surface area contributed by atoms with Crippen molar-refractivity contribution >= 4 is 23.8 Å². The van der Waals surface area contributed by atoms with Crippen LogP contribution >= 0.6 is 0 Å². The Labute approximate surface area is 157 Å². The average Bonchev–Trinajstić information content (AvgIpc) is 3.00. The second-order valence-electron chi connectivity index (χ2n) is 6.68. The van der Waals surface area contributed by atoms with Crippen LogP contribution in [0.3, 0.4) is 0 Å². The molecule has 2 fully saturated rings. The predicted octanol–water partition coefficient (Wildman–Crippen LogP) is 1.15. The van der Waals surface area contributed by atoms with Gasteiger partial charge in [0.15, 0.2) is 0 Å². The highest BCUT2D eigenvalue weighted by atomic mass is 16.5. The number of likely N-dealkylation sites (tertiary alicyclic amines) is 1. The Morgan fingerprint density at radius 2 is 1.96 bits per heavy atom. The highest BCUT2D eigenvalue weighted by Crippen LogP contribution is 2.20. The Morgan fingerprint density at radius 3 is 2.59 bits per heavy atom. The van der Waals surface area contributed by atoms with E-state index >= 15 is 0 Å². The molecule has 8 nitrogen and oxygen atoms in total. The summed E-state index contributed by atoms with van der Waals surface area (Å²) in [5.41, 5.74) is 1.28. The van der Waals surface area contributed by atoms with Crippen molar-refractivity contribution in [3.8, 4) is 0 Å². The minimum Gasteiger partial charge on any atom is -0.466 e. The van der Waals surface area contributed by atoms with Gasteiger partial charge in [0.1, 0.15) is 0 Å². The SMILES string of the molecule is CCOC(=O)[C@@H]1CCCN(C(=O)c2ccc(CN3C(=O)CNC3=O)cc2)C1. The molecule has 2 aliphatic rings. The summed E-state index contributed by atoms with van der Waals surface area (Å²) in [7, 11) is 0. The number of esters is 1. The lowest BCUT2D eigenvalue weighted by atomic mass is 9.97. The van der Waals surface area contributed by atoms with Crippen LogP contribution in [0.4, 0.5) is 4.79 Å². The lowest BCUT2D eigenvalue weighted by Crippen LogP contribution is -2.42. The largest absolute Gasteiger partial charge is 0.466 e. The zero-order chi connectivity index (χ0) is 19.4. The minimum absolute atomic E-state index is 0.0198. The van der Waals surface area contributed by atoms with Gasteiger partial charge in [-0.2, -0.15) is 0 Å². The molecule has 1 atom stereocenters. The van der Waals surface area contributed by atoms with E-state index in [4.69, 9.17) is 4.74 Å². The predicted molar refractivity (Wildman–Crippen MR) is 95.7 cm³/mol. The third-order valence-corrected chi connectivity index (χ3v) is 4.81. The summed E-state index contributed by atoms with van der Waals surface area (Å²) in [6, 6.07) is 6.44. The van der Waals surface area contributed by atoms with E-state index in [-0.39, 0.29) is 36.8 Å². The molecule has 2 aliphatic heterocycles. The number of rotatable bonds is 5. The van der Waals surface area contributed by atoms with E-state index in [1.54, 1.807) is 36.1 Å². The topological polar surface area (TPSA) is 96.0 Å². The number of benzene rings is 1. The molecule has 1 aromatic carbocycles. The molecule has 8 heteroatoms. The molecule has 0 saturated carbocycles. The molecule has 4 amide bonds. The first-order valence-electron chi connectivity index (χ1n) is 9.12. The molecule has 0 aromatic heterocycles. The van der Waals surface area contributed by atoms with Crippen molar-refractivity contribution in [1.82, 2.24) is 15.1 Å². The maximum absolute atomic E-state index is 12.7.